The van der Waals surface area contributed by atoms with E-state index >= 15 is 0 Å². The van der Waals surface area contributed by atoms with Crippen LogP contribution in [0.2, 0.25) is 0 Å². The summed E-state index contributed by atoms with van der Waals surface area (Å²) in [7, 11) is 0. The molecule has 4 rings (SSSR count). The van der Waals surface area contributed by atoms with E-state index in [0.717, 1.165) is 17.8 Å². The molecule has 0 bridgehead atoms. The van der Waals surface area contributed by atoms with Gasteiger partial charge in [0, 0.05) is 18.1 Å². The summed E-state index contributed by atoms with van der Waals surface area (Å²) in [5, 5.41) is 0. The molecule has 1 aromatic rings. The molecule has 1 heterocycles. The third-order valence-corrected chi connectivity index (χ3v) is 6.08. The number of hydrogen-bond acceptors (Lipinski definition) is 1. The van der Waals surface area contributed by atoms with Crippen LogP contribution in [-0.4, -0.2) is 17.0 Å². The number of nitrogens with zero attached hydrogens (tertiary/aromatic N) is 1. The zero-order valence-corrected chi connectivity index (χ0v) is 13.8. The highest BCUT2D eigenvalue weighted by molar-refractivity contribution is 5.37. The largest absolute Gasteiger partial charge is 0.291 e. The van der Waals surface area contributed by atoms with Gasteiger partial charge in [0.1, 0.15) is 0 Å². The minimum Gasteiger partial charge on any atom is -0.291 e. The highest BCUT2D eigenvalue weighted by Gasteiger charge is 2.48. The molecule has 0 aromatic heterocycles. The fraction of sp³-hybridized carbons (Fsp3) is 0.700. The molecule has 3 aliphatic rings. The molecular formula is C20H29N. The first-order chi connectivity index (χ1) is 10.1. The Labute approximate surface area is 129 Å². The number of hydrogen-bond donors (Lipinski definition) is 0. The van der Waals surface area contributed by atoms with Gasteiger partial charge in [0.25, 0.3) is 0 Å². The van der Waals surface area contributed by atoms with Crippen molar-refractivity contribution in [3.05, 3.63) is 35.4 Å². The summed E-state index contributed by atoms with van der Waals surface area (Å²) >= 11 is 0. The lowest BCUT2D eigenvalue weighted by molar-refractivity contribution is 0.103. The van der Waals surface area contributed by atoms with E-state index in [1.165, 1.54) is 38.6 Å². The van der Waals surface area contributed by atoms with E-state index < -0.39 is 0 Å². The molecule has 1 heteroatoms. The second-order valence-corrected chi connectivity index (χ2v) is 8.53. The molecule has 21 heavy (non-hydrogen) atoms. The van der Waals surface area contributed by atoms with Crippen LogP contribution in [0.15, 0.2) is 24.3 Å². The smallest absolute Gasteiger partial charge is 0.0387 e. The lowest BCUT2D eigenvalue weighted by atomic mass is 9.85. The maximum atomic E-state index is 2.82. The Morgan fingerprint density at radius 1 is 0.952 bits per heavy atom. The third-order valence-electron chi connectivity index (χ3n) is 6.08. The summed E-state index contributed by atoms with van der Waals surface area (Å²) < 4.78 is 0. The van der Waals surface area contributed by atoms with Crippen molar-refractivity contribution in [2.24, 2.45) is 11.8 Å². The van der Waals surface area contributed by atoms with Crippen molar-refractivity contribution in [3.63, 3.8) is 0 Å². The fourth-order valence-corrected chi connectivity index (χ4v) is 4.94. The standard InChI is InChI=1S/C20H29N/c1-20(2,3)21-13-15-7-6-10-17(15)19(21)18-9-5-4-8-16(18)14-11-12-14/h4-5,8-9,14-15,17,19H,6-7,10-13H2,1-3H3. The highest BCUT2D eigenvalue weighted by Crippen LogP contribution is 2.54. The lowest BCUT2D eigenvalue weighted by Crippen LogP contribution is -2.42. The number of rotatable bonds is 2. The van der Waals surface area contributed by atoms with Crippen molar-refractivity contribution in [2.45, 2.75) is 70.4 Å². The Morgan fingerprint density at radius 2 is 1.67 bits per heavy atom. The molecule has 0 radical (unpaired) electrons. The first-order valence-electron chi connectivity index (χ1n) is 8.91. The van der Waals surface area contributed by atoms with Crippen LogP contribution < -0.4 is 0 Å². The van der Waals surface area contributed by atoms with Crippen LogP contribution in [0.25, 0.3) is 0 Å². The molecule has 3 unspecified atom stereocenters. The second-order valence-electron chi connectivity index (χ2n) is 8.53. The molecule has 2 aliphatic carbocycles. The summed E-state index contributed by atoms with van der Waals surface area (Å²) in [4.78, 5) is 2.82. The Balaban J connectivity index is 1.76. The first-order valence-corrected chi connectivity index (χ1v) is 8.91. The monoisotopic (exact) mass is 283 g/mol. The molecule has 0 N–H and O–H groups in total. The molecule has 114 valence electrons. The molecule has 1 saturated heterocycles. The van der Waals surface area contributed by atoms with Crippen molar-refractivity contribution >= 4 is 0 Å². The Bertz CT molecular complexity index is 523. The number of fused-ring (bicyclic) bond motifs is 1. The molecular weight excluding hydrogens is 254 g/mol. The molecule has 1 nitrogen and oxygen atoms in total. The van der Waals surface area contributed by atoms with Crippen LogP contribution >= 0.6 is 0 Å². The summed E-state index contributed by atoms with van der Waals surface area (Å²) in [6.07, 6.45) is 7.18. The zero-order chi connectivity index (χ0) is 14.6. The molecule has 1 aromatic carbocycles. The predicted molar refractivity (Wildman–Crippen MR) is 88.4 cm³/mol. The second kappa shape index (κ2) is 4.84. The van der Waals surface area contributed by atoms with Crippen molar-refractivity contribution in [3.8, 4) is 0 Å². The van der Waals surface area contributed by atoms with Crippen molar-refractivity contribution in [1.82, 2.24) is 4.90 Å². The minimum absolute atomic E-state index is 0.283. The quantitative estimate of drug-likeness (QED) is 0.727. The van der Waals surface area contributed by atoms with Gasteiger partial charge in [-0.3, -0.25) is 4.90 Å². The van der Waals surface area contributed by atoms with Gasteiger partial charge in [0.15, 0.2) is 0 Å². The van der Waals surface area contributed by atoms with Gasteiger partial charge in [-0.15, -0.1) is 0 Å². The van der Waals surface area contributed by atoms with Gasteiger partial charge in [-0.1, -0.05) is 30.7 Å². The zero-order valence-electron chi connectivity index (χ0n) is 13.8. The van der Waals surface area contributed by atoms with Gasteiger partial charge in [-0.25, -0.2) is 0 Å². The maximum absolute atomic E-state index is 2.82. The van der Waals surface area contributed by atoms with Crippen LogP contribution in [0.4, 0.5) is 0 Å². The lowest BCUT2D eigenvalue weighted by Gasteiger charge is -2.39. The van der Waals surface area contributed by atoms with Crippen LogP contribution in [0.3, 0.4) is 0 Å². The average Bonchev–Trinajstić information content (AvgIpc) is 3.06. The molecule has 1 aliphatic heterocycles. The van der Waals surface area contributed by atoms with Gasteiger partial charge in [0.05, 0.1) is 0 Å². The molecule has 3 fully saturated rings. The molecule has 2 saturated carbocycles. The third kappa shape index (κ3) is 2.34. The van der Waals surface area contributed by atoms with Gasteiger partial charge in [-0.05, 0) is 75.3 Å². The summed E-state index contributed by atoms with van der Waals surface area (Å²) in [6.45, 7) is 8.53. The minimum atomic E-state index is 0.283. The van der Waals surface area contributed by atoms with Crippen molar-refractivity contribution in [2.75, 3.05) is 6.54 Å². The van der Waals surface area contributed by atoms with E-state index in [1.807, 2.05) is 0 Å². The SMILES string of the molecule is CC(C)(C)N1CC2CCCC2C1c1ccccc1C1CC1. The maximum Gasteiger partial charge on any atom is 0.0387 e. The van der Waals surface area contributed by atoms with Gasteiger partial charge < -0.3 is 0 Å². The Morgan fingerprint density at radius 3 is 2.33 bits per heavy atom. The highest BCUT2D eigenvalue weighted by atomic mass is 15.2. The Hall–Kier alpha value is -0.820. The normalized spacial score (nSPS) is 33.4. The van der Waals surface area contributed by atoms with Crippen LogP contribution in [0.1, 0.15) is 76.0 Å². The van der Waals surface area contributed by atoms with E-state index in [2.05, 4.69) is 49.9 Å². The fourth-order valence-electron chi connectivity index (χ4n) is 4.94. The van der Waals surface area contributed by atoms with Gasteiger partial charge >= 0.3 is 0 Å². The van der Waals surface area contributed by atoms with E-state index in [-0.39, 0.29) is 5.54 Å². The molecule has 0 amide bonds. The first kappa shape index (κ1) is 13.8. The van der Waals surface area contributed by atoms with Gasteiger partial charge in [-0.2, -0.15) is 0 Å². The van der Waals surface area contributed by atoms with E-state index in [9.17, 15) is 0 Å². The number of likely N-dealkylation sites (tertiary alicyclic amines) is 1. The van der Waals surface area contributed by atoms with E-state index in [0.29, 0.717) is 6.04 Å². The summed E-state index contributed by atoms with van der Waals surface area (Å²) in [6, 6.07) is 10.0. The summed E-state index contributed by atoms with van der Waals surface area (Å²) in [5.41, 5.74) is 3.62. The van der Waals surface area contributed by atoms with Crippen LogP contribution in [-0.2, 0) is 0 Å². The Kier molecular flexibility index (Phi) is 3.19. The molecule has 0 spiro atoms. The topological polar surface area (TPSA) is 3.24 Å². The van der Waals surface area contributed by atoms with Gasteiger partial charge in [0.2, 0.25) is 0 Å². The number of benzene rings is 1. The van der Waals surface area contributed by atoms with E-state index in [1.54, 1.807) is 11.1 Å². The van der Waals surface area contributed by atoms with Crippen LogP contribution in [0, 0.1) is 11.8 Å². The molecule has 3 atom stereocenters. The van der Waals surface area contributed by atoms with Crippen molar-refractivity contribution < 1.29 is 0 Å². The van der Waals surface area contributed by atoms with Crippen molar-refractivity contribution in [1.29, 1.82) is 0 Å². The van der Waals surface area contributed by atoms with E-state index in [4.69, 9.17) is 0 Å². The summed E-state index contributed by atoms with van der Waals surface area (Å²) in [5.74, 6) is 2.72. The van der Waals surface area contributed by atoms with Crippen LogP contribution in [0.5, 0.6) is 0 Å². The average molecular weight is 283 g/mol. The predicted octanol–water partition coefficient (Wildman–Crippen LogP) is 5.14.